The monoisotopic (exact) mass is 302 g/mol. The highest BCUT2D eigenvalue weighted by atomic mass is 32.2. The molecule has 0 aromatic carbocycles. The number of rotatable bonds is 6. The summed E-state index contributed by atoms with van der Waals surface area (Å²) < 4.78 is 27.8. The van der Waals surface area contributed by atoms with E-state index in [2.05, 4.69) is 5.32 Å². The van der Waals surface area contributed by atoms with Crippen molar-refractivity contribution in [3.8, 4) is 0 Å². The molecule has 20 heavy (non-hydrogen) atoms. The number of hydrogen-bond acceptors (Lipinski definition) is 4. The lowest BCUT2D eigenvalue weighted by atomic mass is 10.2. The van der Waals surface area contributed by atoms with E-state index < -0.39 is 9.84 Å². The summed E-state index contributed by atoms with van der Waals surface area (Å²) >= 11 is 0. The fourth-order valence-corrected chi connectivity index (χ4v) is 3.11. The molecular weight excluding hydrogens is 280 g/mol. The van der Waals surface area contributed by atoms with Crippen LogP contribution in [0.15, 0.2) is 16.7 Å². The van der Waals surface area contributed by atoms with E-state index in [4.69, 9.17) is 4.42 Å². The molecule has 0 radical (unpaired) electrons. The highest BCUT2D eigenvalue weighted by Crippen LogP contribution is 2.09. The number of nitrogens with one attached hydrogen (secondary N) is 1. The molecule has 0 bridgehead atoms. The Hall–Kier alpha value is -1.50. The molecule has 0 unspecified atom stereocenters. The lowest BCUT2D eigenvalue weighted by Crippen LogP contribution is -2.47. The van der Waals surface area contributed by atoms with Crippen molar-refractivity contribution in [1.82, 2.24) is 10.2 Å². The standard InChI is InChI=1S/C13H22N2O4S/c1-5-15(10(2)9-20(4,17)18)13(16)14-8-12-6-7-19-11(12)3/h6-7,10H,5,8-9H2,1-4H3,(H,14,16)/t10-/m0/s1. The summed E-state index contributed by atoms with van der Waals surface area (Å²) in [7, 11) is -3.11. The van der Waals surface area contributed by atoms with Crippen molar-refractivity contribution >= 4 is 15.9 Å². The van der Waals surface area contributed by atoms with Crippen LogP contribution < -0.4 is 5.32 Å². The molecule has 6 nitrogen and oxygen atoms in total. The van der Waals surface area contributed by atoms with Crippen molar-refractivity contribution in [2.75, 3.05) is 18.6 Å². The summed E-state index contributed by atoms with van der Waals surface area (Å²) in [5.41, 5.74) is 0.908. The van der Waals surface area contributed by atoms with Crippen molar-refractivity contribution in [3.63, 3.8) is 0 Å². The van der Waals surface area contributed by atoms with E-state index in [9.17, 15) is 13.2 Å². The van der Waals surface area contributed by atoms with Crippen LogP contribution in [0.2, 0.25) is 0 Å². The second-order valence-corrected chi connectivity index (χ2v) is 7.07. The maximum atomic E-state index is 12.1. The van der Waals surface area contributed by atoms with Gasteiger partial charge in [0, 0.05) is 31.0 Å². The van der Waals surface area contributed by atoms with Gasteiger partial charge in [0.1, 0.15) is 15.6 Å². The SMILES string of the molecule is CCN(C(=O)NCc1ccoc1C)[C@@H](C)CS(C)(=O)=O. The van der Waals surface area contributed by atoms with Gasteiger partial charge < -0.3 is 14.6 Å². The van der Waals surface area contributed by atoms with Gasteiger partial charge in [-0.1, -0.05) is 0 Å². The smallest absolute Gasteiger partial charge is 0.317 e. The minimum atomic E-state index is -3.11. The largest absolute Gasteiger partial charge is 0.469 e. The van der Waals surface area contributed by atoms with Crippen molar-refractivity contribution in [3.05, 3.63) is 23.7 Å². The van der Waals surface area contributed by atoms with Crippen molar-refractivity contribution in [1.29, 1.82) is 0 Å². The van der Waals surface area contributed by atoms with Gasteiger partial charge in [-0.15, -0.1) is 0 Å². The zero-order valence-corrected chi connectivity index (χ0v) is 13.2. The third-order valence-corrected chi connectivity index (χ3v) is 4.16. The fourth-order valence-electron chi connectivity index (χ4n) is 2.05. The molecule has 0 spiro atoms. The highest BCUT2D eigenvalue weighted by molar-refractivity contribution is 7.90. The molecule has 1 heterocycles. The van der Waals surface area contributed by atoms with Gasteiger partial charge in [-0.25, -0.2) is 13.2 Å². The Morgan fingerprint density at radius 1 is 1.50 bits per heavy atom. The summed E-state index contributed by atoms with van der Waals surface area (Å²) in [5, 5.41) is 2.78. The third kappa shape index (κ3) is 4.88. The number of sulfone groups is 1. The first-order valence-electron chi connectivity index (χ1n) is 6.49. The van der Waals surface area contributed by atoms with Crippen LogP contribution in [-0.4, -0.2) is 43.9 Å². The third-order valence-electron chi connectivity index (χ3n) is 3.07. The number of nitrogens with zero attached hydrogens (tertiary/aromatic N) is 1. The lowest BCUT2D eigenvalue weighted by molar-refractivity contribution is 0.187. The molecule has 0 saturated carbocycles. The number of carbonyl (C=O) groups excluding carboxylic acids is 1. The van der Waals surface area contributed by atoms with Gasteiger partial charge in [0.15, 0.2) is 0 Å². The molecule has 0 fully saturated rings. The van der Waals surface area contributed by atoms with Crippen LogP contribution in [-0.2, 0) is 16.4 Å². The van der Waals surface area contributed by atoms with Crippen molar-refractivity contribution < 1.29 is 17.6 Å². The maximum Gasteiger partial charge on any atom is 0.317 e. The molecule has 1 rings (SSSR count). The second-order valence-electron chi connectivity index (χ2n) is 4.89. The zero-order valence-electron chi connectivity index (χ0n) is 12.3. The van der Waals surface area contributed by atoms with Crippen LogP contribution in [0.5, 0.6) is 0 Å². The van der Waals surface area contributed by atoms with Gasteiger partial charge in [-0.05, 0) is 26.8 Å². The first-order valence-corrected chi connectivity index (χ1v) is 8.55. The minimum Gasteiger partial charge on any atom is -0.469 e. The topological polar surface area (TPSA) is 79.6 Å². The minimum absolute atomic E-state index is 0.0427. The zero-order chi connectivity index (χ0) is 15.3. The average Bonchev–Trinajstić information content (AvgIpc) is 2.70. The molecule has 2 amide bonds. The fraction of sp³-hybridized carbons (Fsp3) is 0.615. The molecule has 114 valence electrons. The summed E-state index contributed by atoms with van der Waals surface area (Å²) in [6.07, 6.45) is 2.74. The average molecular weight is 302 g/mol. The summed E-state index contributed by atoms with van der Waals surface area (Å²) in [4.78, 5) is 13.6. The summed E-state index contributed by atoms with van der Waals surface area (Å²) in [5.74, 6) is 0.719. The Kier molecular flexibility index (Phi) is 5.62. The highest BCUT2D eigenvalue weighted by Gasteiger charge is 2.21. The molecule has 0 aliphatic rings. The normalized spacial score (nSPS) is 13.0. The molecule has 1 N–H and O–H groups in total. The van der Waals surface area contributed by atoms with Crippen molar-refractivity contribution in [2.24, 2.45) is 0 Å². The molecule has 0 aliphatic heterocycles. The molecule has 1 atom stereocenters. The molecular formula is C13H22N2O4S. The summed E-state index contributed by atoms with van der Waals surface area (Å²) in [6.45, 7) is 6.19. The lowest BCUT2D eigenvalue weighted by Gasteiger charge is -2.27. The van der Waals surface area contributed by atoms with E-state index >= 15 is 0 Å². The van der Waals surface area contributed by atoms with Gasteiger partial charge in [0.05, 0.1) is 12.0 Å². The van der Waals surface area contributed by atoms with E-state index in [0.29, 0.717) is 13.1 Å². The van der Waals surface area contributed by atoms with Crippen LogP contribution >= 0.6 is 0 Å². The number of carbonyl (C=O) groups is 1. The molecule has 0 aliphatic carbocycles. The van der Waals surface area contributed by atoms with E-state index in [1.807, 2.05) is 13.8 Å². The number of amides is 2. The maximum absolute atomic E-state index is 12.1. The van der Waals surface area contributed by atoms with E-state index in [1.54, 1.807) is 19.3 Å². The van der Waals surface area contributed by atoms with Crippen LogP contribution in [0.25, 0.3) is 0 Å². The Balaban J connectivity index is 2.61. The number of hydrogen-bond donors (Lipinski definition) is 1. The first-order chi connectivity index (χ1) is 9.24. The predicted molar refractivity (Wildman–Crippen MR) is 77.2 cm³/mol. The van der Waals surface area contributed by atoms with Gasteiger partial charge in [0.25, 0.3) is 0 Å². The van der Waals surface area contributed by atoms with E-state index in [0.717, 1.165) is 11.3 Å². The summed E-state index contributed by atoms with van der Waals surface area (Å²) in [6, 6.07) is 1.16. The van der Waals surface area contributed by atoms with Crippen LogP contribution in [0.3, 0.4) is 0 Å². The van der Waals surface area contributed by atoms with Crippen LogP contribution in [0, 0.1) is 6.92 Å². The quantitative estimate of drug-likeness (QED) is 0.864. The van der Waals surface area contributed by atoms with Gasteiger partial charge in [-0.3, -0.25) is 0 Å². The molecule has 1 aromatic heterocycles. The van der Waals surface area contributed by atoms with E-state index in [1.165, 1.54) is 11.2 Å². The van der Waals surface area contributed by atoms with Crippen molar-refractivity contribution in [2.45, 2.75) is 33.4 Å². The number of urea groups is 1. The Morgan fingerprint density at radius 2 is 2.15 bits per heavy atom. The number of furan rings is 1. The number of aryl methyl sites for hydroxylation is 1. The first kappa shape index (κ1) is 16.6. The molecule has 1 aromatic rings. The predicted octanol–water partition coefficient (Wildman–Crippen LogP) is 1.55. The second kappa shape index (κ2) is 6.78. The van der Waals surface area contributed by atoms with Crippen LogP contribution in [0.4, 0.5) is 4.79 Å². The van der Waals surface area contributed by atoms with Gasteiger partial charge in [0.2, 0.25) is 0 Å². The van der Waals surface area contributed by atoms with Gasteiger partial charge >= 0.3 is 6.03 Å². The van der Waals surface area contributed by atoms with E-state index in [-0.39, 0.29) is 17.8 Å². The van der Waals surface area contributed by atoms with Crippen LogP contribution in [0.1, 0.15) is 25.2 Å². The molecule has 0 saturated heterocycles. The Bertz CT molecular complexity index is 550. The Morgan fingerprint density at radius 3 is 2.60 bits per heavy atom. The molecule has 7 heteroatoms. The van der Waals surface area contributed by atoms with Gasteiger partial charge in [-0.2, -0.15) is 0 Å². The Labute approximate surface area is 120 Å².